The number of anilines is 2. The van der Waals surface area contributed by atoms with Crippen LogP contribution in [0, 0.1) is 5.82 Å². The molecule has 2 fully saturated rings. The van der Waals surface area contributed by atoms with Crippen LogP contribution in [0.2, 0.25) is 0 Å². The molecule has 1 saturated carbocycles. The standard InChI is InChI=1S/C20H21F2N7O/c21-6-15-11-29-10-14(5-16(22)19(29)26-15)27-20(30)17-7-24-18(8-23-17)28-4-3-13(9-28)25-12-1-2-12/h5,7-8,10-13,25H,1-4,6,9H2,(H,27,30). The quantitative estimate of drug-likeness (QED) is 0.645. The second-order valence-electron chi connectivity index (χ2n) is 7.76. The van der Waals surface area contributed by atoms with E-state index in [2.05, 4.69) is 30.5 Å². The fourth-order valence-electron chi connectivity index (χ4n) is 3.73. The summed E-state index contributed by atoms with van der Waals surface area (Å²) in [6, 6.07) is 2.27. The van der Waals surface area contributed by atoms with E-state index in [0.717, 1.165) is 31.4 Å². The summed E-state index contributed by atoms with van der Waals surface area (Å²) in [5.41, 5.74) is 0.466. The van der Waals surface area contributed by atoms with E-state index in [0.29, 0.717) is 12.1 Å². The predicted octanol–water partition coefficient (Wildman–Crippen LogP) is 2.32. The van der Waals surface area contributed by atoms with Crippen LogP contribution >= 0.6 is 0 Å². The molecule has 1 saturated heterocycles. The molecule has 5 rings (SSSR count). The summed E-state index contributed by atoms with van der Waals surface area (Å²) < 4.78 is 28.3. The van der Waals surface area contributed by atoms with Gasteiger partial charge in [-0.05, 0) is 19.3 Å². The molecule has 3 aromatic rings. The van der Waals surface area contributed by atoms with Crippen LogP contribution in [-0.2, 0) is 6.67 Å². The van der Waals surface area contributed by atoms with E-state index in [4.69, 9.17) is 0 Å². The fourth-order valence-corrected chi connectivity index (χ4v) is 3.73. The lowest BCUT2D eigenvalue weighted by atomic mass is 10.2. The first-order chi connectivity index (χ1) is 14.6. The van der Waals surface area contributed by atoms with Gasteiger partial charge in [0.05, 0.1) is 23.8 Å². The average Bonchev–Trinajstić information content (AvgIpc) is 3.26. The molecule has 1 aliphatic carbocycles. The number of amides is 1. The minimum absolute atomic E-state index is 0.00452. The highest BCUT2D eigenvalue weighted by Gasteiger charge is 2.29. The maximum Gasteiger partial charge on any atom is 0.275 e. The molecular formula is C20H21F2N7O. The van der Waals surface area contributed by atoms with Crippen molar-refractivity contribution < 1.29 is 13.6 Å². The van der Waals surface area contributed by atoms with E-state index in [1.165, 1.54) is 35.8 Å². The van der Waals surface area contributed by atoms with Crippen molar-refractivity contribution in [3.63, 3.8) is 0 Å². The van der Waals surface area contributed by atoms with Gasteiger partial charge in [-0.2, -0.15) is 0 Å². The predicted molar refractivity (Wildman–Crippen MR) is 107 cm³/mol. The minimum atomic E-state index is -0.793. The van der Waals surface area contributed by atoms with Crippen molar-refractivity contribution in [3.8, 4) is 0 Å². The van der Waals surface area contributed by atoms with E-state index < -0.39 is 18.4 Å². The van der Waals surface area contributed by atoms with Gasteiger partial charge in [-0.1, -0.05) is 0 Å². The zero-order chi connectivity index (χ0) is 20.7. The SMILES string of the molecule is O=C(Nc1cc(F)c2nc(CF)cn2c1)c1cnc(N2CCC(NC3CC3)C2)cn1. The number of carbonyl (C=O) groups excluding carboxylic acids is 1. The number of hydrogen-bond donors (Lipinski definition) is 2. The zero-order valence-corrected chi connectivity index (χ0v) is 16.2. The number of nitrogens with zero attached hydrogens (tertiary/aromatic N) is 5. The summed E-state index contributed by atoms with van der Waals surface area (Å²) in [6.45, 7) is 0.983. The number of alkyl halides is 1. The summed E-state index contributed by atoms with van der Waals surface area (Å²) in [5.74, 6) is -0.429. The lowest BCUT2D eigenvalue weighted by Crippen LogP contribution is -2.34. The third-order valence-corrected chi connectivity index (χ3v) is 5.38. The zero-order valence-electron chi connectivity index (χ0n) is 16.2. The van der Waals surface area contributed by atoms with E-state index in [1.54, 1.807) is 6.20 Å². The van der Waals surface area contributed by atoms with Gasteiger partial charge in [-0.25, -0.2) is 23.7 Å². The first kappa shape index (κ1) is 18.9. The van der Waals surface area contributed by atoms with Gasteiger partial charge < -0.3 is 19.9 Å². The summed E-state index contributed by atoms with van der Waals surface area (Å²) in [6.07, 6.45) is 9.43. The second-order valence-corrected chi connectivity index (χ2v) is 7.76. The van der Waals surface area contributed by atoms with Crippen molar-refractivity contribution in [2.45, 2.75) is 38.0 Å². The molecule has 0 bridgehead atoms. The van der Waals surface area contributed by atoms with Crippen LogP contribution < -0.4 is 15.5 Å². The minimum Gasteiger partial charge on any atom is -0.354 e. The van der Waals surface area contributed by atoms with Crippen LogP contribution in [0.25, 0.3) is 5.65 Å². The van der Waals surface area contributed by atoms with Crippen LogP contribution in [0.1, 0.15) is 35.4 Å². The molecule has 156 valence electrons. The molecule has 30 heavy (non-hydrogen) atoms. The van der Waals surface area contributed by atoms with Gasteiger partial charge in [0.1, 0.15) is 18.2 Å². The summed E-state index contributed by atoms with van der Waals surface area (Å²) in [5, 5.41) is 6.22. The van der Waals surface area contributed by atoms with Crippen molar-refractivity contribution >= 4 is 23.1 Å². The highest BCUT2D eigenvalue weighted by Crippen LogP contribution is 2.24. The number of pyridine rings is 1. The Morgan fingerprint density at radius 2 is 2.03 bits per heavy atom. The molecule has 2 N–H and O–H groups in total. The Balaban J connectivity index is 1.25. The number of aromatic nitrogens is 4. The molecule has 4 heterocycles. The monoisotopic (exact) mass is 413 g/mol. The maximum absolute atomic E-state index is 14.2. The molecule has 2 aliphatic rings. The van der Waals surface area contributed by atoms with Crippen molar-refractivity contribution in [1.29, 1.82) is 0 Å². The Morgan fingerprint density at radius 1 is 1.17 bits per heavy atom. The van der Waals surface area contributed by atoms with E-state index in [9.17, 15) is 13.6 Å². The van der Waals surface area contributed by atoms with Crippen LogP contribution in [0.15, 0.2) is 30.9 Å². The number of fused-ring (bicyclic) bond motifs is 1. The van der Waals surface area contributed by atoms with E-state index in [1.807, 2.05) is 0 Å². The van der Waals surface area contributed by atoms with Gasteiger partial charge in [-0.15, -0.1) is 0 Å². The summed E-state index contributed by atoms with van der Waals surface area (Å²) in [7, 11) is 0. The van der Waals surface area contributed by atoms with Crippen LogP contribution in [0.4, 0.5) is 20.3 Å². The molecule has 1 atom stereocenters. The Hall–Kier alpha value is -3.14. The smallest absolute Gasteiger partial charge is 0.275 e. The highest BCUT2D eigenvalue weighted by atomic mass is 19.1. The number of imidazole rings is 1. The third kappa shape index (κ3) is 3.82. The number of nitrogens with one attached hydrogen (secondary N) is 2. The van der Waals surface area contributed by atoms with E-state index in [-0.39, 0.29) is 22.7 Å². The second kappa shape index (κ2) is 7.60. The molecule has 1 amide bonds. The molecule has 1 unspecified atom stereocenters. The van der Waals surface area contributed by atoms with Gasteiger partial charge in [-0.3, -0.25) is 4.79 Å². The van der Waals surface area contributed by atoms with Gasteiger partial charge in [0.2, 0.25) is 0 Å². The molecular weight excluding hydrogens is 392 g/mol. The Morgan fingerprint density at radius 3 is 2.77 bits per heavy atom. The van der Waals surface area contributed by atoms with Crippen molar-refractivity contribution in [1.82, 2.24) is 24.7 Å². The van der Waals surface area contributed by atoms with Gasteiger partial charge in [0.15, 0.2) is 11.5 Å². The average molecular weight is 413 g/mol. The fraction of sp³-hybridized carbons (Fsp3) is 0.400. The summed E-state index contributed by atoms with van der Waals surface area (Å²) >= 11 is 0. The molecule has 0 aromatic carbocycles. The lowest BCUT2D eigenvalue weighted by Gasteiger charge is -2.17. The number of rotatable bonds is 6. The molecule has 0 spiro atoms. The first-order valence-corrected chi connectivity index (χ1v) is 9.96. The maximum atomic E-state index is 14.2. The molecule has 10 heteroatoms. The third-order valence-electron chi connectivity index (χ3n) is 5.38. The van der Waals surface area contributed by atoms with Crippen molar-refractivity contribution in [2.75, 3.05) is 23.3 Å². The Kier molecular flexibility index (Phi) is 4.78. The van der Waals surface area contributed by atoms with E-state index >= 15 is 0 Å². The first-order valence-electron chi connectivity index (χ1n) is 9.96. The number of hydrogen-bond acceptors (Lipinski definition) is 6. The molecule has 0 radical (unpaired) electrons. The highest BCUT2D eigenvalue weighted by molar-refractivity contribution is 6.02. The van der Waals surface area contributed by atoms with Gasteiger partial charge in [0.25, 0.3) is 5.91 Å². The van der Waals surface area contributed by atoms with Gasteiger partial charge in [0, 0.05) is 43.6 Å². The Bertz CT molecular complexity index is 1080. The largest absolute Gasteiger partial charge is 0.354 e. The number of halogens is 2. The van der Waals surface area contributed by atoms with Crippen molar-refractivity contribution in [2.24, 2.45) is 0 Å². The molecule has 3 aromatic heterocycles. The molecule has 1 aliphatic heterocycles. The van der Waals surface area contributed by atoms with Crippen LogP contribution in [-0.4, -0.2) is 50.4 Å². The Labute approximate surface area is 171 Å². The van der Waals surface area contributed by atoms with Crippen LogP contribution in [0.3, 0.4) is 0 Å². The van der Waals surface area contributed by atoms with Crippen molar-refractivity contribution in [3.05, 3.63) is 48.1 Å². The molecule has 8 nitrogen and oxygen atoms in total. The lowest BCUT2D eigenvalue weighted by molar-refractivity contribution is 0.102. The normalized spacial score (nSPS) is 18.9. The van der Waals surface area contributed by atoms with Gasteiger partial charge >= 0.3 is 0 Å². The summed E-state index contributed by atoms with van der Waals surface area (Å²) in [4.78, 5) is 27.1. The topological polar surface area (TPSA) is 87.5 Å². The van der Waals surface area contributed by atoms with Crippen LogP contribution in [0.5, 0.6) is 0 Å². The number of carbonyl (C=O) groups is 1.